The first-order valence-corrected chi connectivity index (χ1v) is 6.78. The van der Waals surface area contributed by atoms with Gasteiger partial charge in [-0.3, -0.25) is 4.79 Å². The zero-order chi connectivity index (χ0) is 13.6. The van der Waals surface area contributed by atoms with Crippen LogP contribution in [0.4, 0.5) is 0 Å². The van der Waals surface area contributed by atoms with Crippen LogP contribution in [0, 0.1) is 0 Å². The zero-order valence-corrected chi connectivity index (χ0v) is 11.7. The molecule has 0 saturated carbocycles. The molecule has 3 nitrogen and oxygen atoms in total. The van der Waals surface area contributed by atoms with Gasteiger partial charge in [0, 0.05) is 24.0 Å². The first-order valence-electron chi connectivity index (χ1n) is 6.02. The van der Waals surface area contributed by atoms with E-state index in [2.05, 4.69) is 16.9 Å². The van der Waals surface area contributed by atoms with Crippen LogP contribution in [-0.4, -0.2) is 17.4 Å². The Morgan fingerprint density at radius 3 is 2.89 bits per heavy atom. The summed E-state index contributed by atoms with van der Waals surface area (Å²) in [5.41, 5.74) is 3.74. The Kier molecular flexibility index (Phi) is 3.03. The van der Waals surface area contributed by atoms with Crippen molar-refractivity contribution in [2.24, 2.45) is 0 Å². The molecule has 1 aromatic carbocycles. The normalized spacial score (nSPS) is 14.9. The number of rotatable bonds is 1. The predicted octanol–water partition coefficient (Wildman–Crippen LogP) is 3.33. The van der Waals surface area contributed by atoms with Crippen molar-refractivity contribution in [2.75, 3.05) is 6.54 Å². The number of hydrogen-bond donors (Lipinski definition) is 2. The molecule has 98 valence electrons. The molecule has 0 bridgehead atoms. The maximum absolute atomic E-state index is 11.7. The minimum absolute atomic E-state index is 0.0285. The van der Waals surface area contributed by atoms with Crippen LogP contribution in [0.25, 0.3) is 17.0 Å². The second kappa shape index (κ2) is 4.58. The van der Waals surface area contributed by atoms with Gasteiger partial charge in [0.2, 0.25) is 5.91 Å². The van der Waals surface area contributed by atoms with Gasteiger partial charge in [-0.15, -0.1) is 0 Å². The van der Waals surface area contributed by atoms with E-state index in [4.69, 9.17) is 23.2 Å². The lowest BCUT2D eigenvalue weighted by molar-refractivity contribution is -0.120. The molecule has 2 heterocycles. The Morgan fingerprint density at radius 1 is 1.37 bits per heavy atom. The molecule has 1 aromatic heterocycles. The summed E-state index contributed by atoms with van der Waals surface area (Å²) in [6.45, 7) is 4.44. The maximum Gasteiger partial charge on any atom is 0.224 e. The summed E-state index contributed by atoms with van der Waals surface area (Å²) in [5.74, 6) is 0.0285. The molecule has 1 aliphatic rings. The van der Waals surface area contributed by atoms with Crippen LogP contribution in [0.15, 0.2) is 12.6 Å². The van der Waals surface area contributed by atoms with E-state index < -0.39 is 0 Å². The summed E-state index contributed by atoms with van der Waals surface area (Å²) in [6, 6.07) is 1.79. The number of H-pyrrole nitrogens is 1. The van der Waals surface area contributed by atoms with Crippen molar-refractivity contribution >= 4 is 46.1 Å². The Bertz CT molecular complexity index is 703. The molecule has 19 heavy (non-hydrogen) atoms. The highest BCUT2D eigenvalue weighted by Crippen LogP contribution is 2.37. The molecule has 0 spiro atoms. The molecular formula is C14H12Cl2N2O. The fourth-order valence-corrected chi connectivity index (χ4v) is 2.99. The number of carbonyl (C=O) groups excluding carboxylic acids is 1. The van der Waals surface area contributed by atoms with E-state index in [0.29, 0.717) is 23.0 Å². The molecule has 0 aliphatic carbocycles. The Morgan fingerprint density at radius 2 is 2.16 bits per heavy atom. The molecule has 0 unspecified atom stereocenters. The first kappa shape index (κ1) is 12.6. The van der Waals surface area contributed by atoms with Crippen molar-refractivity contribution in [1.29, 1.82) is 0 Å². The molecule has 5 heteroatoms. The quantitative estimate of drug-likeness (QED) is 0.832. The Labute approximate surface area is 120 Å². The third kappa shape index (κ3) is 1.94. The van der Waals surface area contributed by atoms with Gasteiger partial charge in [0.25, 0.3) is 0 Å². The fourth-order valence-electron chi connectivity index (χ4n) is 2.58. The topological polar surface area (TPSA) is 44.9 Å². The lowest BCUT2D eigenvalue weighted by Gasteiger charge is -2.05. The number of halogens is 2. The van der Waals surface area contributed by atoms with Crippen molar-refractivity contribution in [3.8, 4) is 0 Å². The number of aromatic amines is 1. The largest absolute Gasteiger partial charge is 0.357 e. The number of nitrogens with one attached hydrogen (secondary N) is 2. The molecule has 0 atom stereocenters. The average molecular weight is 295 g/mol. The van der Waals surface area contributed by atoms with Crippen molar-refractivity contribution < 1.29 is 4.79 Å². The Hall–Kier alpha value is -1.45. The van der Waals surface area contributed by atoms with Gasteiger partial charge in [0.1, 0.15) is 0 Å². The summed E-state index contributed by atoms with van der Waals surface area (Å²) in [5, 5.41) is 4.80. The summed E-state index contributed by atoms with van der Waals surface area (Å²) in [4.78, 5) is 15.0. The van der Waals surface area contributed by atoms with Crippen LogP contribution in [-0.2, 0) is 17.6 Å². The van der Waals surface area contributed by atoms with E-state index in [-0.39, 0.29) is 5.91 Å². The van der Waals surface area contributed by atoms with E-state index in [9.17, 15) is 4.79 Å². The van der Waals surface area contributed by atoms with Gasteiger partial charge in [0.05, 0.1) is 22.0 Å². The molecule has 3 rings (SSSR count). The van der Waals surface area contributed by atoms with E-state index in [1.54, 1.807) is 12.1 Å². The molecule has 1 amide bonds. The number of benzene rings is 1. The second-order valence-corrected chi connectivity index (χ2v) is 5.36. The molecule has 0 radical (unpaired) electrons. The van der Waals surface area contributed by atoms with E-state index in [0.717, 1.165) is 34.1 Å². The van der Waals surface area contributed by atoms with Gasteiger partial charge < -0.3 is 10.3 Å². The van der Waals surface area contributed by atoms with E-state index >= 15 is 0 Å². The first-order chi connectivity index (χ1) is 9.11. The molecule has 2 N–H and O–H groups in total. The van der Waals surface area contributed by atoms with Crippen molar-refractivity contribution in [3.63, 3.8) is 0 Å². The van der Waals surface area contributed by atoms with Crippen LogP contribution in [0.5, 0.6) is 0 Å². The highest BCUT2D eigenvalue weighted by molar-refractivity contribution is 6.45. The van der Waals surface area contributed by atoms with Gasteiger partial charge in [-0.2, -0.15) is 0 Å². The summed E-state index contributed by atoms with van der Waals surface area (Å²) >= 11 is 12.4. The van der Waals surface area contributed by atoms with Gasteiger partial charge in [-0.05, 0) is 17.2 Å². The van der Waals surface area contributed by atoms with Crippen LogP contribution >= 0.6 is 23.2 Å². The second-order valence-electron chi connectivity index (χ2n) is 4.57. The predicted molar refractivity (Wildman–Crippen MR) is 78.8 cm³/mol. The fraction of sp³-hybridized carbons (Fsp3) is 0.214. The van der Waals surface area contributed by atoms with Crippen LogP contribution < -0.4 is 5.32 Å². The van der Waals surface area contributed by atoms with Crippen molar-refractivity contribution in [3.05, 3.63) is 39.5 Å². The van der Waals surface area contributed by atoms with Gasteiger partial charge >= 0.3 is 0 Å². The maximum atomic E-state index is 11.7. The molecule has 0 saturated heterocycles. The van der Waals surface area contributed by atoms with E-state index in [1.165, 1.54) is 0 Å². The average Bonchev–Trinajstić information content (AvgIpc) is 2.63. The third-order valence-corrected chi connectivity index (χ3v) is 4.23. The SMILES string of the molecule is C=Cc1cc(Cl)c(Cl)c2[nH]c3c(c12)CC(=O)NCC3. The Balaban J connectivity index is 2.38. The minimum Gasteiger partial charge on any atom is -0.357 e. The molecule has 0 fully saturated rings. The van der Waals surface area contributed by atoms with Gasteiger partial charge in [0.15, 0.2) is 0 Å². The number of fused-ring (bicyclic) bond motifs is 3. The standard InChI is InChI=1S/C14H12Cl2N2O/c1-2-7-5-9(15)13(16)14-12(7)8-6-11(19)17-4-3-10(8)18-14/h2,5,18H,1,3-4,6H2,(H,17,19). The third-order valence-electron chi connectivity index (χ3n) is 3.45. The highest BCUT2D eigenvalue weighted by atomic mass is 35.5. The zero-order valence-electron chi connectivity index (χ0n) is 10.1. The number of aromatic nitrogens is 1. The van der Waals surface area contributed by atoms with Gasteiger partial charge in [-0.1, -0.05) is 35.9 Å². The lowest BCUT2D eigenvalue weighted by atomic mass is 10.0. The smallest absolute Gasteiger partial charge is 0.224 e. The number of carbonyl (C=O) groups is 1. The van der Waals surface area contributed by atoms with Crippen LogP contribution in [0.1, 0.15) is 16.8 Å². The van der Waals surface area contributed by atoms with Crippen molar-refractivity contribution in [2.45, 2.75) is 12.8 Å². The van der Waals surface area contributed by atoms with Crippen LogP contribution in [0.2, 0.25) is 10.0 Å². The van der Waals surface area contributed by atoms with Crippen molar-refractivity contribution in [1.82, 2.24) is 10.3 Å². The monoisotopic (exact) mass is 294 g/mol. The highest BCUT2D eigenvalue weighted by Gasteiger charge is 2.22. The minimum atomic E-state index is 0.0285. The number of hydrogen-bond acceptors (Lipinski definition) is 1. The molecule has 1 aliphatic heterocycles. The summed E-state index contributed by atoms with van der Waals surface area (Å²) < 4.78 is 0. The molecule has 2 aromatic rings. The lowest BCUT2D eigenvalue weighted by Crippen LogP contribution is -2.24. The number of amides is 1. The van der Waals surface area contributed by atoms with Gasteiger partial charge in [-0.25, -0.2) is 0 Å². The molecular weight excluding hydrogens is 283 g/mol. The summed E-state index contributed by atoms with van der Waals surface area (Å²) in [6.07, 6.45) is 2.86. The van der Waals surface area contributed by atoms with Crippen LogP contribution in [0.3, 0.4) is 0 Å². The van der Waals surface area contributed by atoms with E-state index in [1.807, 2.05) is 0 Å². The summed E-state index contributed by atoms with van der Waals surface area (Å²) in [7, 11) is 0.